The van der Waals surface area contributed by atoms with Crippen LogP contribution < -0.4 is 5.73 Å². The highest BCUT2D eigenvalue weighted by Gasteiger charge is 2.37. The first kappa shape index (κ1) is 21.5. The number of likely N-dealkylation sites (N-methyl/N-ethyl adjacent to an activating group) is 1. The molecule has 0 bridgehead atoms. The highest BCUT2D eigenvalue weighted by molar-refractivity contribution is 5.93. The molecule has 0 unspecified atom stereocenters. The van der Waals surface area contributed by atoms with Gasteiger partial charge < -0.3 is 15.5 Å². The topological polar surface area (TPSA) is 90.4 Å². The number of hydrogen-bond acceptors (Lipinski definition) is 4. The highest BCUT2D eigenvalue weighted by atomic mass is 19.1. The van der Waals surface area contributed by atoms with E-state index in [0.29, 0.717) is 24.1 Å². The molecular formula is C23H25FN4O2. The van der Waals surface area contributed by atoms with E-state index in [-0.39, 0.29) is 12.5 Å². The lowest BCUT2D eigenvalue weighted by Crippen LogP contribution is -2.50. The van der Waals surface area contributed by atoms with Crippen LogP contribution in [-0.4, -0.2) is 61.0 Å². The van der Waals surface area contributed by atoms with Gasteiger partial charge in [-0.3, -0.25) is 9.59 Å². The van der Waals surface area contributed by atoms with Crippen LogP contribution in [0, 0.1) is 11.3 Å². The summed E-state index contributed by atoms with van der Waals surface area (Å²) in [6, 6.07) is 15.5. The number of benzene rings is 2. The zero-order chi connectivity index (χ0) is 21.8. The van der Waals surface area contributed by atoms with E-state index in [4.69, 9.17) is 11.0 Å². The molecule has 0 radical (unpaired) electrons. The molecule has 3 atom stereocenters. The Morgan fingerprint density at radius 1 is 1.20 bits per heavy atom. The van der Waals surface area contributed by atoms with Gasteiger partial charge in [0, 0.05) is 20.6 Å². The molecule has 2 amide bonds. The molecule has 2 aromatic rings. The Kier molecular flexibility index (Phi) is 6.48. The molecule has 1 fully saturated rings. The molecule has 0 aliphatic carbocycles. The second-order valence-electron chi connectivity index (χ2n) is 7.72. The van der Waals surface area contributed by atoms with Crippen molar-refractivity contribution in [3.63, 3.8) is 0 Å². The lowest BCUT2D eigenvalue weighted by Gasteiger charge is -2.28. The van der Waals surface area contributed by atoms with Crippen molar-refractivity contribution in [3.05, 3.63) is 59.7 Å². The summed E-state index contributed by atoms with van der Waals surface area (Å²) in [5.41, 5.74) is 9.18. The molecule has 30 heavy (non-hydrogen) atoms. The molecule has 0 aromatic heterocycles. The van der Waals surface area contributed by atoms with Crippen LogP contribution in [0.15, 0.2) is 48.5 Å². The van der Waals surface area contributed by atoms with Gasteiger partial charge in [-0.05, 0) is 35.2 Å². The second-order valence-corrected chi connectivity index (χ2v) is 7.72. The third-order valence-corrected chi connectivity index (χ3v) is 5.39. The SMILES string of the molecule is CN(C)C(=O)[C@@H](c1ccc(-c2cccc(C#N)c2)cc1)[C@H](N)C(=O)N1CC[C@H](F)C1. The number of nitriles is 1. The Bertz CT molecular complexity index is 968. The van der Waals surface area contributed by atoms with Gasteiger partial charge in [0.2, 0.25) is 11.8 Å². The van der Waals surface area contributed by atoms with Crippen LogP contribution in [0.4, 0.5) is 4.39 Å². The summed E-state index contributed by atoms with van der Waals surface area (Å²) in [7, 11) is 3.23. The van der Waals surface area contributed by atoms with Gasteiger partial charge in [-0.1, -0.05) is 36.4 Å². The smallest absolute Gasteiger partial charge is 0.240 e. The van der Waals surface area contributed by atoms with E-state index in [1.54, 1.807) is 38.4 Å². The van der Waals surface area contributed by atoms with Crippen molar-refractivity contribution in [2.75, 3.05) is 27.2 Å². The lowest BCUT2D eigenvalue weighted by molar-refractivity contribution is -0.138. The predicted octanol–water partition coefficient (Wildman–Crippen LogP) is 2.29. The molecule has 7 heteroatoms. The van der Waals surface area contributed by atoms with Crippen molar-refractivity contribution in [2.24, 2.45) is 5.73 Å². The number of nitrogens with two attached hydrogens (primary N) is 1. The Morgan fingerprint density at radius 3 is 2.47 bits per heavy atom. The van der Waals surface area contributed by atoms with Gasteiger partial charge in [0.1, 0.15) is 12.2 Å². The molecule has 1 heterocycles. The van der Waals surface area contributed by atoms with E-state index in [1.165, 1.54) is 9.80 Å². The van der Waals surface area contributed by atoms with Gasteiger partial charge in [0.15, 0.2) is 0 Å². The van der Waals surface area contributed by atoms with Gasteiger partial charge in [-0.25, -0.2) is 4.39 Å². The van der Waals surface area contributed by atoms with Gasteiger partial charge in [-0.2, -0.15) is 5.26 Å². The minimum Gasteiger partial charge on any atom is -0.348 e. The van der Waals surface area contributed by atoms with E-state index in [1.807, 2.05) is 24.3 Å². The molecule has 2 aromatic carbocycles. The number of nitrogens with zero attached hydrogens (tertiary/aromatic N) is 3. The maximum atomic E-state index is 13.5. The summed E-state index contributed by atoms with van der Waals surface area (Å²) in [6.07, 6.45) is -0.756. The van der Waals surface area contributed by atoms with Crippen LogP contribution in [0.3, 0.4) is 0 Å². The highest BCUT2D eigenvalue weighted by Crippen LogP contribution is 2.27. The molecule has 1 saturated heterocycles. The maximum absolute atomic E-state index is 13.5. The fraction of sp³-hybridized carbons (Fsp3) is 0.348. The van der Waals surface area contributed by atoms with E-state index >= 15 is 0 Å². The summed E-state index contributed by atoms with van der Waals surface area (Å²) in [6.45, 7) is 0.328. The van der Waals surface area contributed by atoms with Gasteiger partial charge >= 0.3 is 0 Å². The number of hydrogen-bond donors (Lipinski definition) is 1. The van der Waals surface area contributed by atoms with Crippen molar-refractivity contribution >= 4 is 11.8 Å². The number of likely N-dealkylation sites (tertiary alicyclic amines) is 1. The monoisotopic (exact) mass is 408 g/mol. The summed E-state index contributed by atoms with van der Waals surface area (Å²) in [5.74, 6) is -1.57. The van der Waals surface area contributed by atoms with E-state index in [9.17, 15) is 14.0 Å². The summed E-state index contributed by atoms with van der Waals surface area (Å²) in [4.78, 5) is 28.5. The minimum absolute atomic E-state index is 0.0174. The average molecular weight is 408 g/mol. The second kappa shape index (κ2) is 9.06. The van der Waals surface area contributed by atoms with Crippen LogP contribution >= 0.6 is 0 Å². The standard InChI is InChI=1S/C23H25FN4O2/c1-27(2)22(29)20(21(26)23(30)28-11-10-19(24)14-28)17-8-6-16(7-9-17)18-5-3-4-15(12-18)13-25/h3-9,12,19-21H,10-11,14,26H2,1-2H3/t19-,20-,21-/m0/s1. The normalized spacial score (nSPS) is 17.8. The van der Waals surface area contributed by atoms with Gasteiger partial charge in [0.05, 0.1) is 24.1 Å². The average Bonchev–Trinajstić information content (AvgIpc) is 3.19. The zero-order valence-electron chi connectivity index (χ0n) is 17.1. The van der Waals surface area contributed by atoms with Crippen molar-refractivity contribution < 1.29 is 14.0 Å². The Hall–Kier alpha value is -3.24. The summed E-state index contributed by atoms with van der Waals surface area (Å²) < 4.78 is 13.5. The molecule has 2 N–H and O–H groups in total. The first-order valence-electron chi connectivity index (χ1n) is 9.82. The maximum Gasteiger partial charge on any atom is 0.240 e. The van der Waals surface area contributed by atoms with Crippen molar-refractivity contribution in [1.82, 2.24) is 9.80 Å². The van der Waals surface area contributed by atoms with Crippen molar-refractivity contribution in [3.8, 4) is 17.2 Å². The zero-order valence-corrected chi connectivity index (χ0v) is 17.1. The van der Waals surface area contributed by atoms with Crippen molar-refractivity contribution in [1.29, 1.82) is 5.26 Å². The summed E-state index contributed by atoms with van der Waals surface area (Å²) in [5, 5.41) is 9.09. The first-order chi connectivity index (χ1) is 14.3. The van der Waals surface area contributed by atoms with Crippen LogP contribution in [0.5, 0.6) is 0 Å². The number of carbonyl (C=O) groups excluding carboxylic acids is 2. The molecule has 156 valence electrons. The predicted molar refractivity (Wildman–Crippen MR) is 112 cm³/mol. The Balaban J connectivity index is 1.89. The first-order valence-corrected chi connectivity index (χ1v) is 9.82. The third kappa shape index (κ3) is 4.50. The van der Waals surface area contributed by atoms with E-state index in [2.05, 4.69) is 6.07 Å². The number of rotatable bonds is 5. The molecule has 0 spiro atoms. The van der Waals surface area contributed by atoms with E-state index < -0.39 is 24.0 Å². The molecule has 1 aliphatic rings. The van der Waals surface area contributed by atoms with Crippen LogP contribution in [0.25, 0.3) is 11.1 Å². The quantitative estimate of drug-likeness (QED) is 0.822. The Labute approximate surface area is 175 Å². The Morgan fingerprint density at radius 2 is 1.90 bits per heavy atom. The largest absolute Gasteiger partial charge is 0.348 e. The lowest BCUT2D eigenvalue weighted by atomic mass is 9.88. The number of alkyl halides is 1. The number of halogens is 1. The molecule has 0 saturated carbocycles. The molecule has 3 rings (SSSR count). The van der Waals surface area contributed by atoms with Gasteiger partial charge in [-0.15, -0.1) is 0 Å². The van der Waals surface area contributed by atoms with Crippen LogP contribution in [0.2, 0.25) is 0 Å². The van der Waals surface area contributed by atoms with Gasteiger partial charge in [0.25, 0.3) is 0 Å². The number of amides is 2. The minimum atomic E-state index is -1.10. The van der Waals surface area contributed by atoms with E-state index in [0.717, 1.165) is 11.1 Å². The fourth-order valence-electron chi connectivity index (χ4n) is 3.70. The fourth-order valence-corrected chi connectivity index (χ4v) is 3.70. The molecular weight excluding hydrogens is 383 g/mol. The van der Waals surface area contributed by atoms with Crippen LogP contribution in [-0.2, 0) is 9.59 Å². The summed E-state index contributed by atoms with van der Waals surface area (Å²) >= 11 is 0. The van der Waals surface area contributed by atoms with Crippen LogP contribution in [0.1, 0.15) is 23.5 Å². The third-order valence-electron chi connectivity index (χ3n) is 5.39. The number of carbonyl (C=O) groups is 2. The van der Waals surface area contributed by atoms with Crippen molar-refractivity contribution in [2.45, 2.75) is 24.6 Å². The molecule has 6 nitrogen and oxygen atoms in total. The molecule has 1 aliphatic heterocycles.